The summed E-state index contributed by atoms with van der Waals surface area (Å²) in [5.74, 6) is -0.120. The lowest BCUT2D eigenvalue weighted by Crippen LogP contribution is -2.29. The summed E-state index contributed by atoms with van der Waals surface area (Å²) in [6, 6.07) is 7.13. The summed E-state index contributed by atoms with van der Waals surface area (Å²) in [6.45, 7) is 3.12. The molecule has 2 aromatic rings. The van der Waals surface area contributed by atoms with Gasteiger partial charge in [0.05, 0.1) is 22.7 Å². The van der Waals surface area contributed by atoms with Crippen LogP contribution in [0.15, 0.2) is 30.5 Å². The number of carbonyl (C=O) groups is 1. The fraction of sp³-hybridized carbons (Fsp3) is 0.412. The first-order valence-corrected chi connectivity index (χ1v) is 8.00. The number of halogens is 1. The zero-order valence-corrected chi connectivity index (χ0v) is 14.3. The zero-order chi connectivity index (χ0) is 16.7. The van der Waals surface area contributed by atoms with Crippen LogP contribution in [0, 0.1) is 0 Å². The molecule has 6 heteroatoms. The van der Waals surface area contributed by atoms with Crippen molar-refractivity contribution in [2.24, 2.45) is 0 Å². The van der Waals surface area contributed by atoms with Gasteiger partial charge in [0.1, 0.15) is 0 Å². The van der Waals surface area contributed by atoms with Crippen LogP contribution in [0.1, 0.15) is 16.8 Å². The second-order valence-electron chi connectivity index (χ2n) is 5.40. The maximum Gasteiger partial charge on any atom is 0.253 e. The average molecular weight is 336 g/mol. The number of nitrogens with one attached hydrogen (secondary N) is 1. The summed E-state index contributed by atoms with van der Waals surface area (Å²) in [7, 11) is 3.73. The highest BCUT2D eigenvalue weighted by molar-refractivity contribution is 6.36. The number of amides is 1. The first-order valence-electron chi connectivity index (χ1n) is 7.62. The number of aromatic nitrogens is 1. The highest BCUT2D eigenvalue weighted by atomic mass is 35.5. The Kier molecular flexibility index (Phi) is 6.77. The minimum absolute atomic E-state index is 0.120. The number of methoxy groups -OCH3 is 1. The molecule has 0 atom stereocenters. The molecule has 1 aromatic carbocycles. The Bertz CT molecular complexity index is 663. The maximum atomic E-state index is 12.4. The molecule has 1 N–H and O–H groups in total. The number of rotatable bonds is 8. The van der Waals surface area contributed by atoms with Gasteiger partial charge in [-0.2, -0.15) is 0 Å². The van der Waals surface area contributed by atoms with Crippen molar-refractivity contribution in [3.8, 4) is 0 Å². The summed E-state index contributed by atoms with van der Waals surface area (Å²) in [4.78, 5) is 18.8. The van der Waals surface area contributed by atoms with Crippen molar-refractivity contribution < 1.29 is 9.53 Å². The van der Waals surface area contributed by atoms with E-state index in [1.807, 2.05) is 19.2 Å². The summed E-state index contributed by atoms with van der Waals surface area (Å²) < 4.78 is 5.04. The third kappa shape index (κ3) is 4.89. The van der Waals surface area contributed by atoms with E-state index in [2.05, 4.69) is 15.2 Å². The molecular formula is C17H22ClN3O2. The quantitative estimate of drug-likeness (QED) is 0.753. The Labute approximate surface area is 141 Å². The summed E-state index contributed by atoms with van der Waals surface area (Å²) >= 11 is 6.15. The number of nitrogens with zero attached hydrogens (tertiary/aromatic N) is 2. The molecule has 1 aromatic heterocycles. The molecular weight excluding hydrogens is 314 g/mol. The lowest BCUT2D eigenvalue weighted by molar-refractivity contribution is 0.0952. The third-order valence-electron chi connectivity index (χ3n) is 3.64. The Balaban J connectivity index is 1.91. The van der Waals surface area contributed by atoms with E-state index in [0.29, 0.717) is 29.3 Å². The molecule has 0 fully saturated rings. The number of fused-ring (bicyclic) bond motifs is 1. The van der Waals surface area contributed by atoms with Crippen LogP contribution < -0.4 is 5.32 Å². The number of hydrogen-bond donors (Lipinski definition) is 1. The average Bonchev–Trinajstić information content (AvgIpc) is 2.57. The van der Waals surface area contributed by atoms with Gasteiger partial charge in [-0.05, 0) is 44.3 Å². The number of pyridine rings is 1. The largest absolute Gasteiger partial charge is 0.383 e. The van der Waals surface area contributed by atoms with Crippen LogP contribution in [0.4, 0.5) is 0 Å². The van der Waals surface area contributed by atoms with Gasteiger partial charge in [0.25, 0.3) is 5.91 Å². The minimum Gasteiger partial charge on any atom is -0.383 e. The summed E-state index contributed by atoms with van der Waals surface area (Å²) in [6.07, 6.45) is 2.55. The molecule has 0 saturated carbocycles. The normalized spacial score (nSPS) is 11.1. The molecule has 1 heterocycles. The van der Waals surface area contributed by atoms with Gasteiger partial charge in [0.2, 0.25) is 0 Å². The molecule has 0 radical (unpaired) electrons. The van der Waals surface area contributed by atoms with E-state index in [1.54, 1.807) is 25.4 Å². The molecule has 0 bridgehead atoms. The predicted octanol–water partition coefficient (Wildman–Crippen LogP) is 2.59. The Morgan fingerprint density at radius 3 is 2.96 bits per heavy atom. The van der Waals surface area contributed by atoms with Crippen molar-refractivity contribution in [2.75, 3.05) is 40.4 Å². The Morgan fingerprint density at radius 1 is 1.35 bits per heavy atom. The van der Waals surface area contributed by atoms with Crippen LogP contribution in [0.25, 0.3) is 10.9 Å². The van der Waals surface area contributed by atoms with Gasteiger partial charge in [-0.3, -0.25) is 9.78 Å². The minimum atomic E-state index is -0.120. The standard InChI is InChI=1S/C17H22ClN3O2/c1-21(11-12-23-2)10-4-9-20-17(22)14-6-7-15(18)13-5-3-8-19-16(13)14/h3,5-8H,4,9-12H2,1-2H3,(H,20,22). The molecule has 0 spiro atoms. The van der Waals surface area contributed by atoms with Gasteiger partial charge < -0.3 is 15.0 Å². The first-order chi connectivity index (χ1) is 11.1. The van der Waals surface area contributed by atoms with E-state index in [4.69, 9.17) is 16.3 Å². The molecule has 23 heavy (non-hydrogen) atoms. The third-order valence-corrected chi connectivity index (χ3v) is 3.97. The highest BCUT2D eigenvalue weighted by Crippen LogP contribution is 2.24. The number of hydrogen-bond acceptors (Lipinski definition) is 4. The van der Waals surface area contributed by atoms with Crippen molar-refractivity contribution in [2.45, 2.75) is 6.42 Å². The van der Waals surface area contributed by atoms with Crippen molar-refractivity contribution in [3.63, 3.8) is 0 Å². The second kappa shape index (κ2) is 8.82. The number of ether oxygens (including phenoxy) is 1. The van der Waals surface area contributed by atoms with Gasteiger partial charge in [-0.15, -0.1) is 0 Å². The molecule has 124 valence electrons. The van der Waals surface area contributed by atoms with E-state index in [1.165, 1.54) is 0 Å². The van der Waals surface area contributed by atoms with Gasteiger partial charge >= 0.3 is 0 Å². The Hall–Kier alpha value is -1.69. The molecule has 0 aliphatic rings. The molecule has 0 aliphatic carbocycles. The van der Waals surface area contributed by atoms with Crippen LogP contribution in [-0.4, -0.2) is 56.2 Å². The van der Waals surface area contributed by atoms with E-state index >= 15 is 0 Å². The molecule has 0 saturated heterocycles. The zero-order valence-electron chi connectivity index (χ0n) is 13.5. The lowest BCUT2D eigenvalue weighted by Gasteiger charge is -2.16. The summed E-state index contributed by atoms with van der Waals surface area (Å²) in [5.41, 5.74) is 1.19. The monoisotopic (exact) mass is 335 g/mol. The fourth-order valence-corrected chi connectivity index (χ4v) is 2.54. The van der Waals surface area contributed by atoms with Crippen LogP contribution in [-0.2, 0) is 4.74 Å². The first kappa shape index (κ1) is 17.7. The lowest BCUT2D eigenvalue weighted by atomic mass is 10.1. The van der Waals surface area contributed by atoms with Crippen molar-refractivity contribution in [1.82, 2.24) is 15.2 Å². The number of benzene rings is 1. The van der Waals surface area contributed by atoms with Gasteiger partial charge in [0, 0.05) is 31.8 Å². The van der Waals surface area contributed by atoms with Crippen LogP contribution >= 0.6 is 11.6 Å². The van der Waals surface area contributed by atoms with Crippen LogP contribution in [0.2, 0.25) is 5.02 Å². The van der Waals surface area contributed by atoms with E-state index in [9.17, 15) is 4.79 Å². The smallest absolute Gasteiger partial charge is 0.253 e. The predicted molar refractivity (Wildman–Crippen MR) is 93.1 cm³/mol. The topological polar surface area (TPSA) is 54.5 Å². The van der Waals surface area contributed by atoms with Crippen LogP contribution in [0.5, 0.6) is 0 Å². The highest BCUT2D eigenvalue weighted by Gasteiger charge is 2.12. The van der Waals surface area contributed by atoms with Gasteiger partial charge in [-0.25, -0.2) is 0 Å². The molecule has 0 unspecified atom stereocenters. The fourth-order valence-electron chi connectivity index (χ4n) is 2.33. The maximum absolute atomic E-state index is 12.4. The SMILES string of the molecule is COCCN(C)CCCNC(=O)c1ccc(Cl)c2cccnc12. The number of carbonyl (C=O) groups excluding carboxylic acids is 1. The van der Waals surface area contributed by atoms with Crippen LogP contribution in [0.3, 0.4) is 0 Å². The van der Waals surface area contributed by atoms with E-state index < -0.39 is 0 Å². The van der Waals surface area contributed by atoms with Gasteiger partial charge in [0.15, 0.2) is 0 Å². The molecule has 2 rings (SSSR count). The van der Waals surface area contributed by atoms with Crippen molar-refractivity contribution >= 4 is 28.4 Å². The number of likely N-dealkylation sites (N-methyl/N-ethyl adjacent to an activating group) is 1. The molecule has 1 amide bonds. The van der Waals surface area contributed by atoms with Gasteiger partial charge in [-0.1, -0.05) is 11.6 Å². The van der Waals surface area contributed by atoms with E-state index in [0.717, 1.165) is 24.9 Å². The van der Waals surface area contributed by atoms with Crippen molar-refractivity contribution in [1.29, 1.82) is 0 Å². The van der Waals surface area contributed by atoms with Crippen molar-refractivity contribution in [3.05, 3.63) is 41.0 Å². The molecule has 5 nitrogen and oxygen atoms in total. The Morgan fingerprint density at radius 2 is 2.17 bits per heavy atom. The van der Waals surface area contributed by atoms with E-state index in [-0.39, 0.29) is 5.91 Å². The summed E-state index contributed by atoms with van der Waals surface area (Å²) in [5, 5.41) is 4.34. The second-order valence-corrected chi connectivity index (χ2v) is 5.81. The molecule has 0 aliphatic heterocycles.